The van der Waals surface area contributed by atoms with Crippen molar-refractivity contribution < 1.29 is 17.0 Å². The topological polar surface area (TPSA) is 137 Å². The Morgan fingerprint density at radius 3 is 2.65 bits per heavy atom. The molecule has 9 nitrogen and oxygen atoms in total. The van der Waals surface area contributed by atoms with Crippen molar-refractivity contribution in [2.45, 2.75) is 22.6 Å². The van der Waals surface area contributed by atoms with Crippen LogP contribution >= 0.6 is 23.2 Å². The molecule has 0 spiro atoms. The van der Waals surface area contributed by atoms with Crippen LogP contribution in [0, 0.1) is 10.6 Å². The molecule has 0 radical (unpaired) electrons. The second-order valence-corrected chi connectivity index (χ2v) is 13.6. The molecule has 0 aliphatic carbocycles. The number of fused-ring (bicyclic) bond motifs is 4. The lowest BCUT2D eigenvalue weighted by molar-refractivity contribution is 0.598. The molecule has 1 unspecified atom stereocenters. The van der Waals surface area contributed by atoms with Crippen molar-refractivity contribution in [3.63, 3.8) is 0 Å². The fourth-order valence-corrected chi connectivity index (χ4v) is 7.40. The first-order valence-electron chi connectivity index (χ1n) is 12.0. The maximum atomic E-state index is 15.2. The van der Waals surface area contributed by atoms with Gasteiger partial charge in [-0.1, -0.05) is 41.4 Å². The van der Waals surface area contributed by atoms with E-state index in [0.717, 1.165) is 0 Å². The van der Waals surface area contributed by atoms with E-state index in [4.69, 9.17) is 28.0 Å². The van der Waals surface area contributed by atoms with Gasteiger partial charge < -0.3 is 10.6 Å². The predicted octanol–water partition coefficient (Wildman–Crippen LogP) is 6.75. The van der Waals surface area contributed by atoms with Crippen molar-refractivity contribution in [1.29, 1.82) is 4.78 Å². The summed E-state index contributed by atoms with van der Waals surface area (Å²) in [6.45, 7) is 0.470. The molecule has 4 bridgehead atoms. The summed E-state index contributed by atoms with van der Waals surface area (Å²) < 4.78 is 64.3. The van der Waals surface area contributed by atoms with E-state index in [1.807, 2.05) is 0 Å². The molecule has 40 heavy (non-hydrogen) atoms. The summed E-state index contributed by atoms with van der Waals surface area (Å²) in [5.41, 5.74) is 1.21. The van der Waals surface area contributed by atoms with E-state index < -0.39 is 25.6 Å². The highest BCUT2D eigenvalue weighted by Crippen LogP contribution is 2.33. The van der Waals surface area contributed by atoms with Crippen LogP contribution in [-0.4, -0.2) is 34.9 Å². The van der Waals surface area contributed by atoms with E-state index in [1.54, 1.807) is 30.3 Å². The molecule has 3 aromatic carbocycles. The first-order valence-corrected chi connectivity index (χ1v) is 16.0. The zero-order valence-electron chi connectivity index (χ0n) is 20.7. The molecule has 1 aliphatic heterocycles. The molecular weight excluding hydrogens is 598 g/mol. The number of anilines is 4. The van der Waals surface area contributed by atoms with Crippen LogP contribution in [0.15, 0.2) is 76.7 Å². The Hall–Kier alpha value is -3.45. The van der Waals surface area contributed by atoms with Crippen molar-refractivity contribution in [2.75, 3.05) is 27.7 Å². The number of sulfonamides is 1. The van der Waals surface area contributed by atoms with Gasteiger partial charge >= 0.3 is 0 Å². The fourth-order valence-electron chi connectivity index (χ4n) is 4.11. The number of aromatic nitrogens is 2. The first-order chi connectivity index (χ1) is 19.0. The number of halogens is 3. The van der Waals surface area contributed by atoms with Crippen LogP contribution < -0.4 is 15.4 Å². The predicted molar refractivity (Wildman–Crippen MR) is 156 cm³/mol. The van der Waals surface area contributed by atoms with Crippen LogP contribution in [-0.2, 0) is 19.8 Å². The molecule has 0 saturated heterocycles. The number of rotatable bonds is 4. The lowest BCUT2D eigenvalue weighted by Crippen LogP contribution is -2.14. The summed E-state index contributed by atoms with van der Waals surface area (Å²) in [5.74, 6) is 0.0812. The van der Waals surface area contributed by atoms with Crippen molar-refractivity contribution in [3.05, 3.63) is 82.7 Å². The van der Waals surface area contributed by atoms with E-state index in [9.17, 15) is 12.6 Å². The molecule has 0 fully saturated rings. The van der Waals surface area contributed by atoms with Gasteiger partial charge in [0.1, 0.15) is 16.5 Å². The second-order valence-electron chi connectivity index (χ2n) is 8.97. The molecule has 5 rings (SSSR count). The summed E-state index contributed by atoms with van der Waals surface area (Å²) in [7, 11) is -7.16. The number of hydrogen-bond donors (Lipinski definition) is 4. The second kappa shape index (κ2) is 11.2. The van der Waals surface area contributed by atoms with E-state index in [1.165, 1.54) is 36.5 Å². The lowest BCUT2D eigenvalue weighted by Gasteiger charge is -2.15. The summed E-state index contributed by atoms with van der Waals surface area (Å²) in [4.78, 5) is 9.07. The maximum absolute atomic E-state index is 15.2. The smallest absolute Gasteiger partial charge is 0.263 e. The van der Waals surface area contributed by atoms with E-state index >= 15 is 4.39 Å². The van der Waals surface area contributed by atoms with Gasteiger partial charge in [-0.15, -0.1) is 0 Å². The zero-order chi connectivity index (χ0) is 28.5. The van der Waals surface area contributed by atoms with Gasteiger partial charge in [0.05, 0.1) is 25.5 Å². The van der Waals surface area contributed by atoms with Crippen molar-refractivity contribution in [2.24, 2.45) is 0 Å². The quantitative estimate of drug-likeness (QED) is 0.198. The molecule has 1 aromatic heterocycles. The Morgan fingerprint density at radius 2 is 1.85 bits per heavy atom. The molecule has 14 heteroatoms. The third-order valence-electron chi connectivity index (χ3n) is 6.14. The summed E-state index contributed by atoms with van der Waals surface area (Å²) in [6.07, 6.45) is 2.71. The van der Waals surface area contributed by atoms with Gasteiger partial charge in [-0.2, -0.15) is 4.98 Å². The molecule has 2 heterocycles. The Morgan fingerprint density at radius 1 is 1.05 bits per heavy atom. The Balaban J connectivity index is 1.45. The molecule has 0 saturated carbocycles. The van der Waals surface area contributed by atoms with Gasteiger partial charge in [-0.05, 0) is 60.9 Å². The fraction of sp³-hybridized carbons (Fsp3) is 0.154. The van der Waals surface area contributed by atoms with Crippen molar-refractivity contribution in [1.82, 2.24) is 9.97 Å². The average Bonchev–Trinajstić information content (AvgIpc) is 2.91. The van der Waals surface area contributed by atoms with E-state index in [0.29, 0.717) is 46.9 Å². The lowest BCUT2D eigenvalue weighted by atomic mass is 10.1. The number of benzene rings is 3. The monoisotopic (exact) mass is 620 g/mol. The minimum atomic E-state index is -4.22. The van der Waals surface area contributed by atoms with Crippen LogP contribution in [0.1, 0.15) is 12.8 Å². The van der Waals surface area contributed by atoms with Crippen LogP contribution in [0.4, 0.5) is 27.5 Å². The van der Waals surface area contributed by atoms with E-state index in [2.05, 4.69) is 25.3 Å². The molecule has 1 atom stereocenters. The van der Waals surface area contributed by atoms with E-state index in [-0.39, 0.29) is 32.3 Å². The van der Waals surface area contributed by atoms with Crippen LogP contribution in [0.5, 0.6) is 0 Å². The van der Waals surface area contributed by atoms with Crippen LogP contribution in [0.2, 0.25) is 10.0 Å². The molecule has 0 amide bonds. The third-order valence-corrected chi connectivity index (χ3v) is 10.4. The number of hydrogen-bond acceptors (Lipinski definition) is 8. The minimum absolute atomic E-state index is 0.0564. The zero-order valence-corrected chi connectivity index (χ0v) is 23.9. The first kappa shape index (κ1) is 28.1. The molecule has 1 aliphatic rings. The van der Waals surface area contributed by atoms with Gasteiger partial charge in [0, 0.05) is 34.6 Å². The summed E-state index contributed by atoms with van der Waals surface area (Å²) in [5, 5.41) is 6.18. The largest absolute Gasteiger partial charge is 0.369 e. The average molecular weight is 622 g/mol. The molecule has 4 aromatic rings. The van der Waals surface area contributed by atoms with Crippen LogP contribution in [0.25, 0.3) is 11.1 Å². The highest BCUT2D eigenvalue weighted by Gasteiger charge is 2.22. The minimum Gasteiger partial charge on any atom is -0.369 e. The van der Waals surface area contributed by atoms with Crippen molar-refractivity contribution in [3.8, 4) is 11.1 Å². The number of nitrogens with one attached hydrogen (secondary N) is 4. The van der Waals surface area contributed by atoms with Gasteiger partial charge in [0.2, 0.25) is 5.95 Å². The molecule has 4 N–H and O–H groups in total. The normalized spacial score (nSPS) is 17.4. The molecule has 208 valence electrons. The van der Waals surface area contributed by atoms with Crippen molar-refractivity contribution >= 4 is 66.1 Å². The SMILES string of the molecule is N=S1(=O)CCCCNc2nc(ncc2-c2ccc(NS(=O)(=O)c3cccc(Cl)c3Cl)c(F)c2)Nc2cccc1c2. The summed E-state index contributed by atoms with van der Waals surface area (Å²) >= 11 is 12.0. The standard InChI is InChI=1S/C26H23Cl2FN6O3S2/c27-20-7-4-8-23(24(20)28)40(37,38)35-22-10-9-16(13-21(22)29)19-15-32-26-33-17-5-3-6-18(14-17)39(30,36)12-2-1-11-31-25(19)34-26/h3-10,13-15,30,35H,1-2,11-12H2,(H2,31,32,33,34). The number of nitrogens with zero attached hydrogens (tertiary/aromatic N) is 2. The Bertz CT molecular complexity index is 1820. The van der Waals surface area contributed by atoms with Gasteiger partial charge in [-0.25, -0.2) is 26.8 Å². The van der Waals surface area contributed by atoms with Gasteiger partial charge in [0.15, 0.2) is 0 Å². The Labute approximate surface area is 241 Å². The third kappa shape index (κ3) is 5.99. The maximum Gasteiger partial charge on any atom is 0.263 e. The van der Waals surface area contributed by atoms with Gasteiger partial charge in [-0.3, -0.25) is 4.72 Å². The highest BCUT2D eigenvalue weighted by molar-refractivity contribution is 7.93. The molecular formula is C26H23Cl2FN6O3S2. The Kier molecular flexibility index (Phi) is 7.87. The van der Waals surface area contributed by atoms with Crippen LogP contribution in [0.3, 0.4) is 0 Å². The highest BCUT2D eigenvalue weighted by atomic mass is 35.5. The summed E-state index contributed by atoms with van der Waals surface area (Å²) in [6, 6.07) is 15.0. The van der Waals surface area contributed by atoms with Gasteiger partial charge in [0.25, 0.3) is 10.0 Å².